The van der Waals surface area contributed by atoms with Crippen LogP contribution in [-0.4, -0.2) is 45.6 Å². The maximum absolute atomic E-state index is 12.9. The number of benzene rings is 1. The van der Waals surface area contributed by atoms with E-state index in [1.807, 2.05) is 13.8 Å². The Kier molecular flexibility index (Phi) is 5.06. The fourth-order valence-electron chi connectivity index (χ4n) is 3.32. The van der Waals surface area contributed by atoms with E-state index in [4.69, 9.17) is 0 Å². The van der Waals surface area contributed by atoms with Gasteiger partial charge in [0.2, 0.25) is 5.91 Å². The van der Waals surface area contributed by atoms with Gasteiger partial charge < -0.3 is 10.2 Å². The van der Waals surface area contributed by atoms with Crippen molar-refractivity contribution in [2.24, 2.45) is 0 Å². The second-order valence-corrected chi connectivity index (χ2v) is 6.99. The predicted molar refractivity (Wildman–Crippen MR) is 99.1 cm³/mol. The summed E-state index contributed by atoms with van der Waals surface area (Å²) in [4.78, 5) is 38.6. The average Bonchev–Trinajstić information content (AvgIpc) is 2.62. The minimum atomic E-state index is -0.281. The zero-order valence-corrected chi connectivity index (χ0v) is 15.4. The molecule has 0 unspecified atom stereocenters. The van der Waals surface area contributed by atoms with Gasteiger partial charge in [-0.25, -0.2) is 4.68 Å². The molecule has 0 radical (unpaired) electrons. The van der Waals surface area contributed by atoms with E-state index in [1.54, 1.807) is 36.1 Å². The van der Waals surface area contributed by atoms with Crippen molar-refractivity contribution in [1.29, 1.82) is 0 Å². The van der Waals surface area contributed by atoms with Crippen molar-refractivity contribution in [3.8, 4) is 0 Å². The Bertz CT molecular complexity index is 895. The quantitative estimate of drug-likeness (QED) is 0.907. The molecule has 2 heterocycles. The van der Waals surface area contributed by atoms with E-state index in [1.165, 1.54) is 4.68 Å². The predicted octanol–water partition coefficient (Wildman–Crippen LogP) is 1.72. The first-order valence-electron chi connectivity index (χ1n) is 8.96. The highest BCUT2D eigenvalue weighted by Crippen LogP contribution is 2.16. The van der Waals surface area contributed by atoms with Gasteiger partial charge in [0.05, 0.1) is 11.4 Å². The van der Waals surface area contributed by atoms with Gasteiger partial charge in [-0.1, -0.05) is 18.2 Å². The van der Waals surface area contributed by atoms with Crippen LogP contribution in [0.5, 0.6) is 0 Å². The molecule has 1 N–H and O–H groups in total. The summed E-state index contributed by atoms with van der Waals surface area (Å²) in [6, 6.07) is 6.91. The summed E-state index contributed by atoms with van der Waals surface area (Å²) in [7, 11) is 0. The monoisotopic (exact) mass is 356 g/mol. The maximum Gasteiger partial charge on any atom is 0.274 e. The van der Waals surface area contributed by atoms with E-state index in [0.29, 0.717) is 36.7 Å². The second kappa shape index (κ2) is 7.27. The van der Waals surface area contributed by atoms with Gasteiger partial charge in [-0.3, -0.25) is 14.4 Å². The van der Waals surface area contributed by atoms with Gasteiger partial charge in [-0.2, -0.15) is 5.10 Å². The molecule has 0 saturated carbocycles. The smallest absolute Gasteiger partial charge is 0.274 e. The topological polar surface area (TPSA) is 84.3 Å². The van der Waals surface area contributed by atoms with Crippen molar-refractivity contribution < 1.29 is 9.59 Å². The summed E-state index contributed by atoms with van der Waals surface area (Å²) in [6.45, 7) is 6.56. The van der Waals surface area contributed by atoms with Crippen LogP contribution in [0.1, 0.15) is 50.1 Å². The average molecular weight is 356 g/mol. The Balaban J connectivity index is 1.88. The van der Waals surface area contributed by atoms with Crippen LogP contribution in [-0.2, 0) is 4.79 Å². The maximum atomic E-state index is 12.9. The number of carbonyl (C=O) groups is 2. The van der Waals surface area contributed by atoms with Crippen LogP contribution in [0.15, 0.2) is 29.1 Å². The molecule has 0 atom stereocenters. The molecule has 0 spiro atoms. The van der Waals surface area contributed by atoms with E-state index in [2.05, 4.69) is 10.4 Å². The molecule has 138 valence electrons. The standard InChI is InChI=1S/C19H24N4O3/c1-12(2)23-19(26)16-7-5-4-6-15(16)17(21-23)18(25)20-14-8-10-22(11-9-14)13(3)24/h4-7,12,14H,8-11H2,1-3H3,(H,20,25). The van der Waals surface area contributed by atoms with E-state index in [-0.39, 0.29) is 35.2 Å². The molecule has 7 heteroatoms. The first-order valence-corrected chi connectivity index (χ1v) is 8.96. The van der Waals surface area contributed by atoms with Gasteiger partial charge in [-0.15, -0.1) is 0 Å². The zero-order chi connectivity index (χ0) is 18.8. The lowest BCUT2D eigenvalue weighted by Crippen LogP contribution is -2.46. The van der Waals surface area contributed by atoms with Crippen molar-refractivity contribution in [2.75, 3.05) is 13.1 Å². The molecule has 3 rings (SSSR count). The molecule has 1 aliphatic rings. The van der Waals surface area contributed by atoms with Crippen LogP contribution < -0.4 is 10.9 Å². The molecular weight excluding hydrogens is 332 g/mol. The number of likely N-dealkylation sites (tertiary alicyclic amines) is 1. The van der Waals surface area contributed by atoms with E-state index in [0.717, 1.165) is 0 Å². The molecule has 26 heavy (non-hydrogen) atoms. The van der Waals surface area contributed by atoms with Crippen LogP contribution >= 0.6 is 0 Å². The zero-order valence-electron chi connectivity index (χ0n) is 15.4. The van der Waals surface area contributed by atoms with Crippen LogP contribution in [0.4, 0.5) is 0 Å². The summed E-state index contributed by atoms with van der Waals surface area (Å²) in [5.74, 6) is -0.219. The Hall–Kier alpha value is -2.70. The molecule has 7 nitrogen and oxygen atoms in total. The van der Waals surface area contributed by atoms with Gasteiger partial charge in [0.15, 0.2) is 5.69 Å². The van der Waals surface area contributed by atoms with Crippen LogP contribution in [0, 0.1) is 0 Å². The number of hydrogen-bond donors (Lipinski definition) is 1. The number of nitrogens with zero attached hydrogens (tertiary/aromatic N) is 3. The number of nitrogens with one attached hydrogen (secondary N) is 1. The molecule has 0 bridgehead atoms. The largest absolute Gasteiger partial charge is 0.348 e. The van der Waals surface area contributed by atoms with Crippen molar-refractivity contribution in [1.82, 2.24) is 20.0 Å². The fraction of sp³-hybridized carbons (Fsp3) is 0.474. The second-order valence-electron chi connectivity index (χ2n) is 6.99. The van der Waals surface area contributed by atoms with Gasteiger partial charge in [0.1, 0.15) is 0 Å². The van der Waals surface area contributed by atoms with Crippen LogP contribution in [0.25, 0.3) is 10.8 Å². The molecule has 2 aromatic rings. The van der Waals surface area contributed by atoms with Gasteiger partial charge in [0.25, 0.3) is 11.5 Å². The van der Waals surface area contributed by atoms with E-state index >= 15 is 0 Å². The molecule has 1 fully saturated rings. The first-order chi connectivity index (χ1) is 12.4. The number of fused-ring (bicyclic) bond motifs is 1. The van der Waals surface area contributed by atoms with Gasteiger partial charge >= 0.3 is 0 Å². The summed E-state index contributed by atoms with van der Waals surface area (Å²) in [6.07, 6.45) is 1.43. The highest BCUT2D eigenvalue weighted by atomic mass is 16.2. The highest BCUT2D eigenvalue weighted by Gasteiger charge is 2.24. The first kappa shape index (κ1) is 18.1. The minimum absolute atomic E-state index is 0.00177. The summed E-state index contributed by atoms with van der Waals surface area (Å²) >= 11 is 0. The third kappa shape index (κ3) is 3.47. The number of piperidine rings is 1. The number of rotatable bonds is 3. The number of aromatic nitrogens is 2. The Morgan fingerprint density at radius 1 is 1.15 bits per heavy atom. The molecule has 1 aliphatic heterocycles. The van der Waals surface area contributed by atoms with Crippen molar-refractivity contribution in [3.05, 3.63) is 40.3 Å². The third-order valence-corrected chi connectivity index (χ3v) is 4.81. The Morgan fingerprint density at radius 2 is 1.77 bits per heavy atom. The number of hydrogen-bond acceptors (Lipinski definition) is 4. The van der Waals surface area contributed by atoms with Gasteiger partial charge in [0, 0.05) is 31.4 Å². The number of amides is 2. The normalized spacial score (nSPS) is 15.5. The molecule has 0 aliphatic carbocycles. The van der Waals surface area contributed by atoms with Crippen molar-refractivity contribution in [3.63, 3.8) is 0 Å². The van der Waals surface area contributed by atoms with Crippen LogP contribution in [0.2, 0.25) is 0 Å². The molecular formula is C19H24N4O3. The van der Waals surface area contributed by atoms with Crippen molar-refractivity contribution in [2.45, 2.75) is 45.7 Å². The molecule has 1 saturated heterocycles. The van der Waals surface area contributed by atoms with Crippen LogP contribution in [0.3, 0.4) is 0 Å². The Labute approximate surface area is 152 Å². The highest BCUT2D eigenvalue weighted by molar-refractivity contribution is 6.04. The molecule has 1 aromatic carbocycles. The minimum Gasteiger partial charge on any atom is -0.348 e. The molecule has 2 amide bonds. The summed E-state index contributed by atoms with van der Waals surface area (Å²) < 4.78 is 1.36. The lowest BCUT2D eigenvalue weighted by molar-refractivity contribution is -0.129. The SMILES string of the molecule is CC(=O)N1CCC(NC(=O)c2nn(C(C)C)c(=O)c3ccccc23)CC1. The van der Waals surface area contributed by atoms with E-state index in [9.17, 15) is 14.4 Å². The lowest BCUT2D eigenvalue weighted by Gasteiger charge is -2.31. The Morgan fingerprint density at radius 3 is 2.35 bits per heavy atom. The van der Waals surface area contributed by atoms with E-state index < -0.39 is 0 Å². The van der Waals surface area contributed by atoms with Crippen molar-refractivity contribution >= 4 is 22.6 Å². The fourth-order valence-corrected chi connectivity index (χ4v) is 3.32. The molecule has 1 aromatic heterocycles. The lowest BCUT2D eigenvalue weighted by atomic mass is 10.0. The third-order valence-electron chi connectivity index (χ3n) is 4.81. The summed E-state index contributed by atoms with van der Waals surface area (Å²) in [5.41, 5.74) is 0.0739. The van der Waals surface area contributed by atoms with Gasteiger partial charge in [-0.05, 0) is 32.8 Å². The number of carbonyl (C=O) groups excluding carboxylic acids is 2. The summed E-state index contributed by atoms with van der Waals surface area (Å²) in [5, 5.41) is 8.41.